The van der Waals surface area contributed by atoms with E-state index in [2.05, 4.69) is 17.4 Å². The van der Waals surface area contributed by atoms with Crippen molar-refractivity contribution in [2.75, 3.05) is 26.7 Å². The molecule has 1 aliphatic heterocycles. The average molecular weight is 380 g/mol. The van der Waals surface area contributed by atoms with Gasteiger partial charge >= 0.3 is 0 Å². The van der Waals surface area contributed by atoms with E-state index in [1.165, 1.54) is 0 Å². The van der Waals surface area contributed by atoms with Crippen LogP contribution in [-0.4, -0.2) is 43.5 Å². The summed E-state index contributed by atoms with van der Waals surface area (Å²) in [6, 6.07) is 16.1. The summed E-state index contributed by atoms with van der Waals surface area (Å²) in [6.07, 6.45) is 0.593. The predicted molar refractivity (Wildman–Crippen MR) is 110 cm³/mol. The number of methoxy groups -OCH3 is 1. The summed E-state index contributed by atoms with van der Waals surface area (Å²) in [4.78, 5) is 26.9. The Hall–Kier alpha value is -2.82. The first-order valence-corrected chi connectivity index (χ1v) is 9.78. The standard InChI is InChI=1S/C23H28N2O3/c1-16(2)23(27)25-13-12-24-22(26)19(15-25)14-18-6-4-5-7-21(18)17-8-10-20(28-3)11-9-17/h4-11,16,19H,12-15H2,1-3H3,(H,24,26). The highest BCUT2D eigenvalue weighted by Crippen LogP contribution is 2.28. The highest BCUT2D eigenvalue weighted by atomic mass is 16.5. The first-order chi connectivity index (χ1) is 13.5. The van der Waals surface area contributed by atoms with E-state index in [1.54, 1.807) is 7.11 Å². The van der Waals surface area contributed by atoms with Crippen molar-refractivity contribution in [2.24, 2.45) is 11.8 Å². The molecule has 5 heteroatoms. The highest BCUT2D eigenvalue weighted by Gasteiger charge is 2.29. The summed E-state index contributed by atoms with van der Waals surface area (Å²) in [6.45, 7) is 5.33. The molecule has 1 atom stereocenters. The van der Waals surface area contributed by atoms with E-state index in [4.69, 9.17) is 4.74 Å². The van der Waals surface area contributed by atoms with Gasteiger partial charge in [0.1, 0.15) is 5.75 Å². The molecule has 0 aliphatic carbocycles. The molecule has 28 heavy (non-hydrogen) atoms. The molecule has 2 aromatic carbocycles. The summed E-state index contributed by atoms with van der Waals surface area (Å²) in [5.41, 5.74) is 3.29. The fourth-order valence-corrected chi connectivity index (χ4v) is 3.64. The molecule has 2 amide bonds. The van der Waals surface area contributed by atoms with E-state index in [9.17, 15) is 9.59 Å². The minimum Gasteiger partial charge on any atom is -0.497 e. The van der Waals surface area contributed by atoms with Gasteiger partial charge < -0.3 is 15.0 Å². The predicted octanol–water partition coefficient (Wildman–Crippen LogP) is 3.14. The molecule has 0 bridgehead atoms. The van der Waals surface area contributed by atoms with Crippen LogP contribution < -0.4 is 10.1 Å². The van der Waals surface area contributed by atoms with E-state index in [0.29, 0.717) is 26.1 Å². The lowest BCUT2D eigenvalue weighted by Crippen LogP contribution is -2.39. The van der Waals surface area contributed by atoms with Gasteiger partial charge in [-0.05, 0) is 35.2 Å². The average Bonchev–Trinajstić information content (AvgIpc) is 2.89. The largest absolute Gasteiger partial charge is 0.497 e. The molecule has 1 fully saturated rings. The van der Waals surface area contributed by atoms with Gasteiger partial charge in [0.2, 0.25) is 11.8 Å². The highest BCUT2D eigenvalue weighted by molar-refractivity contribution is 5.83. The van der Waals surface area contributed by atoms with E-state index in [-0.39, 0.29) is 23.7 Å². The van der Waals surface area contributed by atoms with Gasteiger partial charge in [-0.25, -0.2) is 0 Å². The van der Waals surface area contributed by atoms with E-state index in [0.717, 1.165) is 22.4 Å². The third-order valence-electron chi connectivity index (χ3n) is 5.18. The molecule has 2 aromatic rings. The minimum absolute atomic E-state index is 0.0172. The molecule has 0 spiro atoms. The molecule has 148 valence electrons. The van der Waals surface area contributed by atoms with Crippen LogP contribution in [0.25, 0.3) is 11.1 Å². The molecule has 1 aliphatic rings. The van der Waals surface area contributed by atoms with Crippen LogP contribution in [0.15, 0.2) is 48.5 Å². The van der Waals surface area contributed by atoms with Gasteiger partial charge in [-0.15, -0.1) is 0 Å². The van der Waals surface area contributed by atoms with E-state index < -0.39 is 0 Å². The van der Waals surface area contributed by atoms with Crippen molar-refractivity contribution in [3.63, 3.8) is 0 Å². The number of carbonyl (C=O) groups is 2. The van der Waals surface area contributed by atoms with Gasteiger partial charge in [-0.3, -0.25) is 9.59 Å². The zero-order valence-electron chi connectivity index (χ0n) is 16.8. The number of rotatable bonds is 5. The van der Waals surface area contributed by atoms with Crippen LogP contribution in [0, 0.1) is 11.8 Å². The molecular formula is C23H28N2O3. The maximum atomic E-state index is 12.6. The van der Waals surface area contributed by atoms with Crippen LogP contribution in [-0.2, 0) is 16.0 Å². The van der Waals surface area contributed by atoms with E-state index >= 15 is 0 Å². The molecule has 0 saturated carbocycles. The number of amides is 2. The van der Waals surface area contributed by atoms with Gasteiger partial charge in [0.15, 0.2) is 0 Å². The van der Waals surface area contributed by atoms with Crippen molar-refractivity contribution in [2.45, 2.75) is 20.3 Å². The Labute approximate surface area is 166 Å². The lowest BCUT2D eigenvalue weighted by Gasteiger charge is -2.25. The zero-order chi connectivity index (χ0) is 20.1. The summed E-state index contributed by atoms with van der Waals surface area (Å²) >= 11 is 0. The Kier molecular flexibility index (Phi) is 6.34. The number of benzene rings is 2. The van der Waals surface area contributed by atoms with Crippen molar-refractivity contribution in [3.8, 4) is 16.9 Å². The Balaban J connectivity index is 1.85. The van der Waals surface area contributed by atoms with Crippen molar-refractivity contribution in [1.82, 2.24) is 10.2 Å². The van der Waals surface area contributed by atoms with Crippen molar-refractivity contribution in [1.29, 1.82) is 0 Å². The quantitative estimate of drug-likeness (QED) is 0.867. The van der Waals surface area contributed by atoms with Gasteiger partial charge in [0, 0.05) is 25.6 Å². The first-order valence-electron chi connectivity index (χ1n) is 9.78. The van der Waals surface area contributed by atoms with Crippen LogP contribution >= 0.6 is 0 Å². The Bertz CT molecular complexity index is 830. The number of hydrogen-bond acceptors (Lipinski definition) is 3. The molecule has 3 rings (SSSR count). The van der Waals surface area contributed by atoms with Crippen LogP contribution in [0.5, 0.6) is 5.75 Å². The second-order valence-electron chi connectivity index (χ2n) is 7.52. The molecule has 1 unspecified atom stereocenters. The Morgan fingerprint density at radius 1 is 1.18 bits per heavy atom. The van der Waals surface area contributed by atoms with Crippen molar-refractivity contribution in [3.05, 3.63) is 54.1 Å². The summed E-state index contributed by atoms with van der Waals surface area (Å²) in [7, 11) is 1.65. The number of hydrogen-bond donors (Lipinski definition) is 1. The molecule has 1 heterocycles. The van der Waals surface area contributed by atoms with Gasteiger partial charge in [0.25, 0.3) is 0 Å². The molecule has 0 aromatic heterocycles. The molecule has 1 saturated heterocycles. The Morgan fingerprint density at radius 2 is 1.89 bits per heavy atom. The van der Waals surface area contributed by atoms with E-state index in [1.807, 2.05) is 55.1 Å². The molecule has 5 nitrogen and oxygen atoms in total. The summed E-state index contributed by atoms with van der Waals surface area (Å²) in [5.74, 6) is 0.603. The van der Waals surface area contributed by atoms with Crippen LogP contribution in [0.3, 0.4) is 0 Å². The van der Waals surface area contributed by atoms with Crippen LogP contribution in [0.1, 0.15) is 19.4 Å². The SMILES string of the molecule is COc1ccc(-c2ccccc2CC2CN(C(=O)C(C)C)CCNC2=O)cc1. The maximum absolute atomic E-state index is 12.6. The van der Waals surface area contributed by atoms with Crippen molar-refractivity contribution < 1.29 is 14.3 Å². The first kappa shape index (κ1) is 19.9. The van der Waals surface area contributed by atoms with Gasteiger partial charge in [0.05, 0.1) is 13.0 Å². The monoisotopic (exact) mass is 380 g/mol. The topological polar surface area (TPSA) is 58.6 Å². The third-order valence-corrected chi connectivity index (χ3v) is 5.18. The maximum Gasteiger partial charge on any atom is 0.225 e. The fourth-order valence-electron chi connectivity index (χ4n) is 3.64. The number of nitrogens with zero attached hydrogens (tertiary/aromatic N) is 1. The fraction of sp³-hybridized carbons (Fsp3) is 0.391. The lowest BCUT2D eigenvalue weighted by molar-refractivity contribution is -0.135. The second kappa shape index (κ2) is 8.91. The minimum atomic E-state index is -0.260. The number of carbonyl (C=O) groups excluding carboxylic acids is 2. The third kappa shape index (κ3) is 4.53. The smallest absolute Gasteiger partial charge is 0.225 e. The summed E-state index contributed by atoms with van der Waals surface area (Å²) in [5, 5.41) is 2.96. The van der Waals surface area contributed by atoms with Crippen molar-refractivity contribution >= 4 is 11.8 Å². The number of nitrogens with one attached hydrogen (secondary N) is 1. The summed E-state index contributed by atoms with van der Waals surface area (Å²) < 4.78 is 5.25. The lowest BCUT2D eigenvalue weighted by atomic mass is 9.91. The Morgan fingerprint density at radius 3 is 2.57 bits per heavy atom. The van der Waals surface area contributed by atoms with Crippen LogP contribution in [0.2, 0.25) is 0 Å². The van der Waals surface area contributed by atoms with Crippen LogP contribution in [0.4, 0.5) is 0 Å². The molecule has 1 N–H and O–H groups in total. The second-order valence-corrected chi connectivity index (χ2v) is 7.52. The molecular weight excluding hydrogens is 352 g/mol. The normalized spacial score (nSPS) is 17.2. The molecule has 0 radical (unpaired) electrons. The zero-order valence-corrected chi connectivity index (χ0v) is 16.8. The number of ether oxygens (including phenoxy) is 1. The van der Waals surface area contributed by atoms with Gasteiger partial charge in [-0.2, -0.15) is 0 Å². The van der Waals surface area contributed by atoms with Gasteiger partial charge in [-0.1, -0.05) is 50.2 Å².